The number of aromatic carboxylic acids is 1. The molecule has 1 rings (SSSR count). The minimum absolute atomic E-state index is 0.0978. The maximum absolute atomic E-state index is 10.8. The van der Waals surface area contributed by atoms with Gasteiger partial charge in [0.2, 0.25) is 0 Å². The number of nitrogens with two attached hydrogens (primary N) is 1. The van der Waals surface area contributed by atoms with E-state index in [-0.39, 0.29) is 12.1 Å². The Morgan fingerprint density at radius 2 is 2.12 bits per heavy atom. The molecule has 0 radical (unpaired) electrons. The molecule has 0 aliphatic heterocycles. The van der Waals surface area contributed by atoms with Gasteiger partial charge in [-0.25, -0.2) is 9.59 Å². The summed E-state index contributed by atoms with van der Waals surface area (Å²) in [6.07, 6.45) is 0. The summed E-state index contributed by atoms with van der Waals surface area (Å²) in [5.41, 5.74) is 5.62. The van der Waals surface area contributed by atoms with Crippen molar-refractivity contribution in [3.8, 4) is 5.75 Å². The minimum atomic E-state index is -1.06. The van der Waals surface area contributed by atoms with Gasteiger partial charge in [-0.1, -0.05) is 0 Å². The lowest BCUT2D eigenvalue weighted by Crippen LogP contribution is -2.28. The Bertz CT molecular complexity index is 417. The molecular weight excluding hydrogens is 212 g/mol. The number of ether oxygens (including phenoxy) is 1. The molecule has 0 saturated carbocycles. The Hall–Kier alpha value is -2.24. The molecule has 0 spiro atoms. The predicted molar refractivity (Wildman–Crippen MR) is 56.4 cm³/mol. The van der Waals surface area contributed by atoms with E-state index >= 15 is 0 Å². The highest BCUT2D eigenvalue weighted by atomic mass is 16.5. The molecule has 16 heavy (non-hydrogen) atoms. The SMILES string of the molecule is COc1cc(CNC(N)=O)cc(C(=O)O)c1. The van der Waals surface area contributed by atoms with E-state index < -0.39 is 12.0 Å². The number of urea groups is 1. The molecule has 0 unspecified atom stereocenters. The molecule has 4 N–H and O–H groups in total. The van der Waals surface area contributed by atoms with E-state index in [1.165, 1.54) is 19.2 Å². The van der Waals surface area contributed by atoms with Crippen LogP contribution in [0.15, 0.2) is 18.2 Å². The molecule has 0 aromatic heterocycles. The van der Waals surface area contributed by atoms with Crippen LogP contribution in [-0.4, -0.2) is 24.2 Å². The standard InChI is InChI=1S/C10H12N2O4/c1-16-8-3-6(5-12-10(11)15)2-7(4-8)9(13)14/h2-4H,5H2,1H3,(H,13,14)(H3,11,12,15). The summed E-state index contributed by atoms with van der Waals surface area (Å²) >= 11 is 0. The number of carbonyl (C=O) groups excluding carboxylic acids is 1. The number of primary amides is 1. The van der Waals surface area contributed by atoms with Gasteiger partial charge < -0.3 is 20.9 Å². The van der Waals surface area contributed by atoms with Crippen LogP contribution in [0.2, 0.25) is 0 Å². The van der Waals surface area contributed by atoms with Crippen molar-refractivity contribution in [2.24, 2.45) is 5.73 Å². The molecule has 6 nitrogen and oxygen atoms in total. The van der Waals surface area contributed by atoms with Crippen LogP contribution in [-0.2, 0) is 6.54 Å². The topological polar surface area (TPSA) is 102 Å². The fourth-order valence-electron chi connectivity index (χ4n) is 1.19. The zero-order chi connectivity index (χ0) is 12.1. The van der Waals surface area contributed by atoms with Gasteiger partial charge in [0.25, 0.3) is 0 Å². The Balaban J connectivity index is 2.95. The molecule has 2 amide bonds. The highest BCUT2D eigenvalue weighted by molar-refractivity contribution is 5.88. The van der Waals surface area contributed by atoms with E-state index in [0.29, 0.717) is 11.3 Å². The Labute approximate surface area is 92.0 Å². The molecule has 0 fully saturated rings. The van der Waals surface area contributed by atoms with Crippen LogP contribution < -0.4 is 15.8 Å². The van der Waals surface area contributed by atoms with Gasteiger partial charge in [-0.2, -0.15) is 0 Å². The average molecular weight is 224 g/mol. The van der Waals surface area contributed by atoms with Gasteiger partial charge in [-0.15, -0.1) is 0 Å². The normalized spacial score (nSPS) is 9.56. The van der Waals surface area contributed by atoms with Crippen LogP contribution in [0.3, 0.4) is 0 Å². The summed E-state index contributed by atoms with van der Waals surface area (Å²) in [5, 5.41) is 11.2. The lowest BCUT2D eigenvalue weighted by molar-refractivity contribution is 0.0696. The van der Waals surface area contributed by atoms with Gasteiger partial charge >= 0.3 is 12.0 Å². The third-order valence-corrected chi connectivity index (χ3v) is 1.92. The maximum atomic E-state index is 10.8. The first kappa shape index (κ1) is 11.8. The predicted octanol–water partition coefficient (Wildman–Crippen LogP) is 0.562. The lowest BCUT2D eigenvalue weighted by Gasteiger charge is -2.07. The number of hydrogen-bond acceptors (Lipinski definition) is 3. The van der Waals surface area contributed by atoms with E-state index in [4.69, 9.17) is 15.6 Å². The van der Waals surface area contributed by atoms with E-state index in [9.17, 15) is 9.59 Å². The number of hydrogen-bond donors (Lipinski definition) is 3. The number of methoxy groups -OCH3 is 1. The van der Waals surface area contributed by atoms with Crippen LogP contribution in [0.5, 0.6) is 5.75 Å². The van der Waals surface area contributed by atoms with E-state index in [1.54, 1.807) is 6.07 Å². The van der Waals surface area contributed by atoms with Gasteiger partial charge in [0, 0.05) is 6.54 Å². The molecule has 0 bridgehead atoms. The van der Waals surface area contributed by atoms with Crippen molar-refractivity contribution < 1.29 is 19.4 Å². The number of carboxylic acids is 1. The molecule has 0 aliphatic carbocycles. The molecule has 6 heteroatoms. The van der Waals surface area contributed by atoms with Gasteiger partial charge in [0.05, 0.1) is 12.7 Å². The monoisotopic (exact) mass is 224 g/mol. The fourth-order valence-corrected chi connectivity index (χ4v) is 1.19. The average Bonchev–Trinajstić information content (AvgIpc) is 2.25. The van der Waals surface area contributed by atoms with Gasteiger partial charge in [0.15, 0.2) is 0 Å². The molecular formula is C10H12N2O4. The molecule has 86 valence electrons. The molecule has 0 saturated heterocycles. The minimum Gasteiger partial charge on any atom is -0.497 e. The number of rotatable bonds is 4. The van der Waals surface area contributed by atoms with Crippen molar-refractivity contribution in [1.29, 1.82) is 0 Å². The molecule has 0 aliphatic rings. The van der Waals surface area contributed by atoms with Gasteiger partial charge in [-0.05, 0) is 23.8 Å². The number of carboxylic acid groups (broad SMARTS) is 1. The van der Waals surface area contributed by atoms with Crippen molar-refractivity contribution in [2.45, 2.75) is 6.54 Å². The first-order chi connectivity index (χ1) is 7.52. The highest BCUT2D eigenvalue weighted by Crippen LogP contribution is 2.17. The lowest BCUT2D eigenvalue weighted by atomic mass is 10.1. The van der Waals surface area contributed by atoms with Crippen LogP contribution in [0.4, 0.5) is 4.79 Å². The Morgan fingerprint density at radius 3 is 2.62 bits per heavy atom. The smallest absolute Gasteiger partial charge is 0.335 e. The second kappa shape index (κ2) is 5.01. The number of nitrogens with one attached hydrogen (secondary N) is 1. The van der Waals surface area contributed by atoms with Crippen molar-refractivity contribution in [3.05, 3.63) is 29.3 Å². The van der Waals surface area contributed by atoms with Crippen molar-refractivity contribution in [1.82, 2.24) is 5.32 Å². The third-order valence-electron chi connectivity index (χ3n) is 1.92. The van der Waals surface area contributed by atoms with Crippen LogP contribution in [0.1, 0.15) is 15.9 Å². The summed E-state index contributed by atoms with van der Waals surface area (Å²) in [6.45, 7) is 0.160. The number of amides is 2. The summed E-state index contributed by atoms with van der Waals surface area (Å²) in [7, 11) is 1.44. The van der Waals surface area contributed by atoms with Gasteiger partial charge in [-0.3, -0.25) is 0 Å². The second-order valence-corrected chi connectivity index (χ2v) is 3.09. The maximum Gasteiger partial charge on any atom is 0.335 e. The van der Waals surface area contributed by atoms with Crippen molar-refractivity contribution in [3.63, 3.8) is 0 Å². The quantitative estimate of drug-likeness (QED) is 0.695. The van der Waals surface area contributed by atoms with E-state index in [1.807, 2.05) is 0 Å². The highest BCUT2D eigenvalue weighted by Gasteiger charge is 2.07. The van der Waals surface area contributed by atoms with E-state index in [2.05, 4.69) is 5.32 Å². The summed E-state index contributed by atoms with van der Waals surface area (Å²) in [6, 6.07) is 3.80. The first-order valence-electron chi connectivity index (χ1n) is 4.47. The Morgan fingerprint density at radius 1 is 1.44 bits per heavy atom. The summed E-state index contributed by atoms with van der Waals surface area (Å²) < 4.78 is 4.95. The fraction of sp³-hybridized carbons (Fsp3) is 0.200. The number of carbonyl (C=O) groups is 2. The first-order valence-corrected chi connectivity index (χ1v) is 4.47. The molecule has 0 atom stereocenters. The van der Waals surface area contributed by atoms with Crippen LogP contribution in [0.25, 0.3) is 0 Å². The van der Waals surface area contributed by atoms with Crippen molar-refractivity contribution in [2.75, 3.05) is 7.11 Å². The number of benzene rings is 1. The zero-order valence-electron chi connectivity index (χ0n) is 8.69. The molecule has 1 aromatic rings. The largest absolute Gasteiger partial charge is 0.497 e. The van der Waals surface area contributed by atoms with Crippen molar-refractivity contribution >= 4 is 12.0 Å². The summed E-state index contributed by atoms with van der Waals surface area (Å²) in [5.74, 6) is -0.639. The molecule has 0 heterocycles. The van der Waals surface area contributed by atoms with E-state index in [0.717, 1.165) is 0 Å². The Kier molecular flexibility index (Phi) is 3.71. The molecule has 1 aromatic carbocycles. The summed E-state index contributed by atoms with van der Waals surface area (Å²) in [4.78, 5) is 21.3. The van der Waals surface area contributed by atoms with Crippen LogP contribution in [0, 0.1) is 0 Å². The second-order valence-electron chi connectivity index (χ2n) is 3.09. The van der Waals surface area contributed by atoms with Gasteiger partial charge in [0.1, 0.15) is 5.75 Å². The van der Waals surface area contributed by atoms with Crippen LogP contribution >= 0.6 is 0 Å². The zero-order valence-corrected chi connectivity index (χ0v) is 8.69. The third kappa shape index (κ3) is 3.16.